The zero-order valence-corrected chi connectivity index (χ0v) is 19.4. The van der Waals surface area contributed by atoms with E-state index in [0.29, 0.717) is 50.1 Å². The van der Waals surface area contributed by atoms with Gasteiger partial charge in [-0.2, -0.15) is 0 Å². The molecule has 0 spiro atoms. The van der Waals surface area contributed by atoms with Crippen LogP contribution < -0.4 is 10.7 Å². The Bertz CT molecular complexity index is 1020. The Morgan fingerprint density at radius 2 is 2.03 bits per heavy atom. The summed E-state index contributed by atoms with van der Waals surface area (Å²) in [4.78, 5) is 40.8. The van der Waals surface area contributed by atoms with Crippen LogP contribution >= 0.6 is 11.6 Å². The van der Waals surface area contributed by atoms with Gasteiger partial charge in [-0.15, -0.1) is 0 Å². The van der Waals surface area contributed by atoms with E-state index in [0.717, 1.165) is 18.4 Å². The van der Waals surface area contributed by atoms with Crippen molar-refractivity contribution in [3.05, 3.63) is 68.6 Å². The summed E-state index contributed by atoms with van der Waals surface area (Å²) in [6, 6.07) is 7.40. The molecule has 1 aliphatic rings. The van der Waals surface area contributed by atoms with Gasteiger partial charge in [0.25, 0.3) is 11.8 Å². The Kier molecular flexibility index (Phi) is 8.47. The highest BCUT2D eigenvalue weighted by molar-refractivity contribution is 6.30. The molecular weight excluding hydrogens is 430 g/mol. The highest BCUT2D eigenvalue weighted by atomic mass is 35.5. The van der Waals surface area contributed by atoms with Crippen molar-refractivity contribution in [3.8, 4) is 0 Å². The molecule has 0 radical (unpaired) electrons. The monoisotopic (exact) mass is 459 g/mol. The van der Waals surface area contributed by atoms with Crippen LogP contribution in [0.4, 0.5) is 0 Å². The van der Waals surface area contributed by atoms with Gasteiger partial charge in [0.1, 0.15) is 11.1 Å². The summed E-state index contributed by atoms with van der Waals surface area (Å²) < 4.78 is 6.80. The molecule has 1 aromatic heterocycles. The number of rotatable bonds is 8. The van der Waals surface area contributed by atoms with Crippen molar-refractivity contribution in [1.82, 2.24) is 14.8 Å². The molecule has 1 aromatic carbocycles. The van der Waals surface area contributed by atoms with E-state index in [1.807, 2.05) is 18.2 Å². The summed E-state index contributed by atoms with van der Waals surface area (Å²) in [5, 5.41) is 3.42. The fraction of sp³-hybridized carbons (Fsp3) is 0.458. The smallest absolute Gasteiger partial charge is 0.259 e. The summed E-state index contributed by atoms with van der Waals surface area (Å²) in [5.41, 5.74) is 0.432. The minimum atomic E-state index is -0.540. The molecule has 0 saturated carbocycles. The quantitative estimate of drug-likeness (QED) is 0.658. The second kappa shape index (κ2) is 11.3. The number of hydrogen-bond acceptors (Lipinski definition) is 4. The molecule has 1 saturated heterocycles. The van der Waals surface area contributed by atoms with Crippen LogP contribution in [-0.2, 0) is 17.7 Å². The van der Waals surface area contributed by atoms with Crippen molar-refractivity contribution in [2.75, 3.05) is 33.4 Å². The summed E-state index contributed by atoms with van der Waals surface area (Å²) in [7, 11) is 1.58. The van der Waals surface area contributed by atoms with Gasteiger partial charge in [-0.3, -0.25) is 14.4 Å². The van der Waals surface area contributed by atoms with E-state index in [4.69, 9.17) is 16.3 Å². The van der Waals surface area contributed by atoms with Crippen LogP contribution in [0.5, 0.6) is 0 Å². The SMILES string of the molecule is COCCn1cc(C(=O)NCCc2cccc(Cl)c2)c(=O)c(C(=O)N2CCCC(C)C2)c1. The van der Waals surface area contributed by atoms with Crippen LogP contribution in [0.25, 0.3) is 0 Å². The Morgan fingerprint density at radius 3 is 2.75 bits per heavy atom. The molecule has 8 heteroatoms. The lowest BCUT2D eigenvalue weighted by molar-refractivity contribution is 0.0680. The highest BCUT2D eigenvalue weighted by Gasteiger charge is 2.26. The molecule has 1 unspecified atom stereocenters. The summed E-state index contributed by atoms with van der Waals surface area (Å²) in [6.45, 7) is 4.51. The zero-order valence-electron chi connectivity index (χ0n) is 18.6. The lowest BCUT2D eigenvalue weighted by atomic mass is 9.99. The number of benzene rings is 1. The number of nitrogens with zero attached hydrogens (tertiary/aromatic N) is 2. The first-order valence-corrected chi connectivity index (χ1v) is 11.3. The van der Waals surface area contributed by atoms with Crippen molar-refractivity contribution < 1.29 is 14.3 Å². The number of likely N-dealkylation sites (tertiary alicyclic amines) is 1. The molecule has 172 valence electrons. The molecule has 0 aliphatic carbocycles. The van der Waals surface area contributed by atoms with Gasteiger partial charge in [-0.05, 0) is 42.9 Å². The van der Waals surface area contributed by atoms with Gasteiger partial charge in [0, 0.05) is 50.7 Å². The number of carbonyl (C=O) groups excluding carboxylic acids is 2. The lowest BCUT2D eigenvalue weighted by Crippen LogP contribution is -2.42. The summed E-state index contributed by atoms with van der Waals surface area (Å²) >= 11 is 6.00. The number of halogens is 1. The standard InChI is InChI=1S/C24H30ClN3O4/c1-17-5-4-10-28(14-17)24(31)21-16-27(11-12-32-2)15-20(22(21)29)23(30)26-9-8-18-6-3-7-19(25)13-18/h3,6-7,13,15-17H,4-5,8-12,14H2,1-2H3,(H,26,30). The molecule has 1 atom stereocenters. The van der Waals surface area contributed by atoms with E-state index >= 15 is 0 Å². The average Bonchev–Trinajstić information content (AvgIpc) is 2.78. The molecule has 2 aromatic rings. The van der Waals surface area contributed by atoms with Crippen LogP contribution in [0.15, 0.2) is 41.5 Å². The molecule has 7 nitrogen and oxygen atoms in total. The van der Waals surface area contributed by atoms with E-state index in [1.54, 1.807) is 22.6 Å². The largest absolute Gasteiger partial charge is 0.383 e. The van der Waals surface area contributed by atoms with Gasteiger partial charge in [0.15, 0.2) is 0 Å². The lowest BCUT2D eigenvalue weighted by Gasteiger charge is -2.31. The predicted octanol–water partition coefficient (Wildman–Crippen LogP) is 2.99. The molecule has 32 heavy (non-hydrogen) atoms. The van der Waals surface area contributed by atoms with Crippen LogP contribution in [0.1, 0.15) is 46.0 Å². The topological polar surface area (TPSA) is 80.6 Å². The number of nitrogens with one attached hydrogen (secondary N) is 1. The van der Waals surface area contributed by atoms with E-state index < -0.39 is 11.3 Å². The summed E-state index contributed by atoms with van der Waals surface area (Å²) in [5.74, 6) is -0.424. The number of methoxy groups -OCH3 is 1. The van der Waals surface area contributed by atoms with Crippen LogP contribution in [0, 0.1) is 5.92 Å². The van der Waals surface area contributed by atoms with E-state index in [1.165, 1.54) is 12.4 Å². The molecule has 1 aliphatic heterocycles. The molecule has 3 rings (SSSR count). The number of piperidine rings is 1. The number of carbonyl (C=O) groups is 2. The second-order valence-corrected chi connectivity index (χ2v) is 8.72. The third-order valence-electron chi connectivity index (χ3n) is 5.64. The normalized spacial score (nSPS) is 16.1. The Balaban J connectivity index is 1.80. The van der Waals surface area contributed by atoms with E-state index in [2.05, 4.69) is 12.2 Å². The molecular formula is C24H30ClN3O4. The minimum Gasteiger partial charge on any atom is -0.383 e. The fourth-order valence-electron chi connectivity index (χ4n) is 3.92. The number of ether oxygens (including phenoxy) is 1. The first kappa shape index (κ1) is 24.0. The fourth-order valence-corrected chi connectivity index (χ4v) is 4.14. The first-order chi connectivity index (χ1) is 15.4. The maximum atomic E-state index is 13.1. The van der Waals surface area contributed by atoms with Gasteiger partial charge in [-0.25, -0.2) is 0 Å². The number of hydrogen-bond donors (Lipinski definition) is 1. The number of aromatic nitrogens is 1. The molecule has 2 heterocycles. The third-order valence-corrected chi connectivity index (χ3v) is 5.88. The van der Waals surface area contributed by atoms with E-state index in [-0.39, 0.29) is 17.0 Å². The van der Waals surface area contributed by atoms with Crippen LogP contribution in [0.3, 0.4) is 0 Å². The van der Waals surface area contributed by atoms with Gasteiger partial charge in [-0.1, -0.05) is 30.7 Å². The third kappa shape index (κ3) is 6.20. The minimum absolute atomic E-state index is 0.0256. The summed E-state index contributed by atoms with van der Waals surface area (Å²) in [6.07, 6.45) is 5.58. The van der Waals surface area contributed by atoms with Gasteiger partial charge >= 0.3 is 0 Å². The maximum Gasteiger partial charge on any atom is 0.259 e. The second-order valence-electron chi connectivity index (χ2n) is 8.28. The van der Waals surface area contributed by atoms with Gasteiger partial charge < -0.3 is 19.5 Å². The molecule has 1 fully saturated rings. The Labute approximate surface area is 193 Å². The number of pyridine rings is 1. The molecule has 1 N–H and O–H groups in total. The van der Waals surface area contributed by atoms with Crippen LogP contribution in [-0.4, -0.2) is 54.6 Å². The zero-order chi connectivity index (χ0) is 23.1. The van der Waals surface area contributed by atoms with Crippen molar-refractivity contribution in [3.63, 3.8) is 0 Å². The van der Waals surface area contributed by atoms with E-state index in [9.17, 15) is 14.4 Å². The predicted molar refractivity (Wildman–Crippen MR) is 124 cm³/mol. The first-order valence-electron chi connectivity index (χ1n) is 10.9. The van der Waals surface area contributed by atoms with Crippen molar-refractivity contribution in [2.24, 2.45) is 5.92 Å². The van der Waals surface area contributed by atoms with Gasteiger partial charge in [0.2, 0.25) is 5.43 Å². The highest BCUT2D eigenvalue weighted by Crippen LogP contribution is 2.17. The average molecular weight is 460 g/mol. The Hall–Kier alpha value is -2.64. The molecule has 2 amide bonds. The van der Waals surface area contributed by atoms with Crippen LogP contribution in [0.2, 0.25) is 5.02 Å². The van der Waals surface area contributed by atoms with Crippen molar-refractivity contribution >= 4 is 23.4 Å². The molecule has 0 bridgehead atoms. The van der Waals surface area contributed by atoms with Gasteiger partial charge in [0.05, 0.1) is 6.61 Å². The van der Waals surface area contributed by atoms with Crippen molar-refractivity contribution in [2.45, 2.75) is 32.7 Å². The number of amides is 2. The van der Waals surface area contributed by atoms with Crippen molar-refractivity contribution in [1.29, 1.82) is 0 Å². The Morgan fingerprint density at radius 1 is 1.25 bits per heavy atom. The maximum absolute atomic E-state index is 13.1.